The van der Waals surface area contributed by atoms with Crippen LogP contribution in [0.1, 0.15) is 62.2 Å². The number of likely N-dealkylation sites (tertiary alicyclic amines) is 1. The number of hydrogen-bond acceptors (Lipinski definition) is 6. The molecule has 1 aliphatic carbocycles. The smallest absolute Gasteiger partial charge is 0.251 e. The van der Waals surface area contributed by atoms with Crippen molar-refractivity contribution in [1.82, 2.24) is 20.9 Å². The number of benzene rings is 2. The van der Waals surface area contributed by atoms with E-state index in [1.54, 1.807) is 38.2 Å². The maximum Gasteiger partial charge on any atom is 0.251 e. The lowest BCUT2D eigenvalue weighted by Crippen LogP contribution is -2.46. The lowest BCUT2D eigenvalue weighted by atomic mass is 9.68. The molecule has 40 heavy (non-hydrogen) atoms. The molecule has 4 rings (SSSR count). The van der Waals surface area contributed by atoms with Gasteiger partial charge in [-0.3, -0.25) is 19.4 Å². The van der Waals surface area contributed by atoms with E-state index in [-0.39, 0.29) is 30.3 Å². The number of amides is 3. The molecule has 3 amide bonds. The van der Waals surface area contributed by atoms with E-state index >= 15 is 0 Å². The number of nitrogens with zero attached hydrogens (tertiary/aromatic N) is 3. The van der Waals surface area contributed by atoms with Gasteiger partial charge in [-0.25, -0.2) is 0 Å². The van der Waals surface area contributed by atoms with Crippen molar-refractivity contribution in [1.29, 1.82) is 5.26 Å². The topological polar surface area (TPSA) is 153 Å². The molecule has 0 spiro atoms. The number of fused-ring (bicyclic) bond motifs is 2. The molecule has 0 aromatic heterocycles. The third-order valence-electron chi connectivity index (χ3n) is 8.13. The fraction of sp³-hybridized carbons (Fsp3) is 0.433. The predicted octanol–water partition coefficient (Wildman–Crippen LogP) is 1.27. The molecule has 0 saturated carbocycles. The highest BCUT2D eigenvalue weighted by molar-refractivity contribution is 5.99. The third kappa shape index (κ3) is 5.29. The Bertz CT molecular complexity index is 1310. The first-order valence-electron chi connectivity index (χ1n) is 13.6. The Balaban J connectivity index is 1.74. The van der Waals surface area contributed by atoms with Crippen molar-refractivity contribution in [2.45, 2.75) is 43.6 Å². The van der Waals surface area contributed by atoms with Crippen LogP contribution in [-0.4, -0.2) is 75.3 Å². The number of carbonyl (C=O) groups excluding carboxylic acids is 3. The number of nitriles is 1. The highest BCUT2D eigenvalue weighted by Gasteiger charge is 2.43. The average molecular weight is 544 g/mol. The van der Waals surface area contributed by atoms with Crippen LogP contribution in [0.25, 0.3) is 0 Å². The van der Waals surface area contributed by atoms with Gasteiger partial charge in [-0.2, -0.15) is 5.26 Å². The van der Waals surface area contributed by atoms with Crippen molar-refractivity contribution < 1.29 is 14.4 Å². The van der Waals surface area contributed by atoms with Gasteiger partial charge in [-0.05, 0) is 85.2 Å². The molecule has 1 fully saturated rings. The zero-order valence-corrected chi connectivity index (χ0v) is 23.3. The number of rotatable bonds is 8. The molecule has 1 saturated heterocycles. The Hall–Kier alpha value is -4.23. The molecule has 1 unspecified atom stereocenters. The minimum absolute atomic E-state index is 0.0951. The number of carbonyl (C=O) groups is 3. The zero-order valence-electron chi connectivity index (χ0n) is 23.3. The summed E-state index contributed by atoms with van der Waals surface area (Å²) in [4.78, 5) is 43.9. The number of amidine groups is 1. The van der Waals surface area contributed by atoms with Crippen molar-refractivity contribution in [3.8, 4) is 6.07 Å². The van der Waals surface area contributed by atoms with Crippen LogP contribution in [0.5, 0.6) is 0 Å². The molecular formula is C30H37N7O3. The molecule has 1 aliphatic heterocycles. The molecule has 0 radical (unpaired) electrons. The van der Waals surface area contributed by atoms with Gasteiger partial charge >= 0.3 is 0 Å². The Morgan fingerprint density at radius 1 is 1.05 bits per heavy atom. The molecule has 2 aromatic rings. The summed E-state index contributed by atoms with van der Waals surface area (Å²) < 4.78 is 0. The molecule has 5 N–H and O–H groups in total. The van der Waals surface area contributed by atoms with Crippen LogP contribution in [0.3, 0.4) is 0 Å². The Morgan fingerprint density at radius 2 is 1.62 bits per heavy atom. The molecule has 1 heterocycles. The van der Waals surface area contributed by atoms with Crippen molar-refractivity contribution in [2.75, 3.05) is 40.8 Å². The van der Waals surface area contributed by atoms with Crippen molar-refractivity contribution in [3.63, 3.8) is 0 Å². The maximum atomic E-state index is 12.8. The van der Waals surface area contributed by atoms with Crippen LogP contribution >= 0.6 is 0 Å². The van der Waals surface area contributed by atoms with Crippen molar-refractivity contribution >= 4 is 23.6 Å². The van der Waals surface area contributed by atoms with Gasteiger partial charge in [-0.1, -0.05) is 12.1 Å². The number of nitrogens with one attached hydrogen (secondary N) is 3. The molecule has 0 bridgehead atoms. The first kappa shape index (κ1) is 28.8. The average Bonchev–Trinajstić information content (AvgIpc) is 3.43. The largest absolute Gasteiger partial charge is 0.386 e. The highest BCUT2D eigenvalue weighted by atomic mass is 16.2. The fourth-order valence-electron chi connectivity index (χ4n) is 6.06. The van der Waals surface area contributed by atoms with Crippen LogP contribution < -0.4 is 21.7 Å². The molecule has 1 atom stereocenters. The second-order valence-electron chi connectivity index (χ2n) is 10.2. The van der Waals surface area contributed by atoms with Crippen LogP contribution in [0.4, 0.5) is 0 Å². The minimum Gasteiger partial charge on any atom is -0.386 e. The molecule has 10 nitrogen and oxygen atoms in total. The van der Waals surface area contributed by atoms with Crippen LogP contribution in [-0.2, 0) is 23.1 Å². The Labute approximate surface area is 235 Å². The highest BCUT2D eigenvalue weighted by Crippen LogP contribution is 2.43. The predicted molar refractivity (Wildman–Crippen MR) is 153 cm³/mol. The first-order chi connectivity index (χ1) is 19.3. The van der Waals surface area contributed by atoms with Gasteiger partial charge in [0, 0.05) is 38.8 Å². The Kier molecular flexibility index (Phi) is 8.85. The van der Waals surface area contributed by atoms with Gasteiger partial charge in [0.2, 0.25) is 5.91 Å². The summed E-state index contributed by atoms with van der Waals surface area (Å²) in [6.07, 6.45) is 3.33. The summed E-state index contributed by atoms with van der Waals surface area (Å²) in [5.41, 5.74) is 10.9. The molecule has 2 aromatic carbocycles. The van der Waals surface area contributed by atoms with Crippen LogP contribution in [0, 0.1) is 11.3 Å². The van der Waals surface area contributed by atoms with E-state index in [4.69, 9.17) is 5.73 Å². The number of aryl methyl sites for hydroxylation is 2. The van der Waals surface area contributed by atoms with Gasteiger partial charge < -0.3 is 26.6 Å². The molecular weight excluding hydrogens is 506 g/mol. The summed E-state index contributed by atoms with van der Waals surface area (Å²) in [6.45, 7) is 1.16. The van der Waals surface area contributed by atoms with Gasteiger partial charge in [0.05, 0.1) is 18.0 Å². The van der Waals surface area contributed by atoms with E-state index in [2.05, 4.69) is 27.0 Å². The zero-order chi connectivity index (χ0) is 28.9. The third-order valence-corrected chi connectivity index (χ3v) is 8.13. The monoisotopic (exact) mass is 543 g/mol. The van der Waals surface area contributed by atoms with Gasteiger partial charge in [-0.15, -0.1) is 0 Å². The Morgan fingerprint density at radius 3 is 2.12 bits per heavy atom. The van der Waals surface area contributed by atoms with Crippen molar-refractivity contribution in [3.05, 3.63) is 69.8 Å². The number of aliphatic imine (C=N–C) groups is 1. The number of nitrogens with two attached hydrogens (primary N) is 1. The van der Waals surface area contributed by atoms with Crippen LogP contribution in [0.2, 0.25) is 0 Å². The summed E-state index contributed by atoms with van der Waals surface area (Å²) in [5, 5.41) is 18.0. The second kappa shape index (κ2) is 12.3. The molecule has 2 aliphatic rings. The van der Waals surface area contributed by atoms with E-state index in [9.17, 15) is 19.6 Å². The van der Waals surface area contributed by atoms with Gasteiger partial charge in [0.25, 0.3) is 11.8 Å². The SMILES string of the molecule is CN=C(N)C1(CCNCC(=O)N2CCCC2C#N)c2ccc(C(=O)NC)cc2CCc2cc(C(=O)NC)ccc21. The number of hydrogen-bond donors (Lipinski definition) is 4. The normalized spacial score (nSPS) is 17.7. The quantitative estimate of drug-likeness (QED) is 0.224. The van der Waals surface area contributed by atoms with E-state index < -0.39 is 5.41 Å². The lowest BCUT2D eigenvalue weighted by Gasteiger charge is -2.36. The van der Waals surface area contributed by atoms with E-state index in [0.717, 1.165) is 28.7 Å². The van der Waals surface area contributed by atoms with Gasteiger partial charge in [0.15, 0.2) is 0 Å². The molecule has 210 valence electrons. The molecule has 10 heteroatoms. The standard InChI is InChI=1S/C30H37N7O3/c1-33-27(39)21-8-10-24-19(15-21)6-7-20-16-22(28(40)34-2)9-11-25(20)30(24,29(32)35-3)12-13-36-18-26(38)37-14-4-5-23(37)17-31/h8-11,15-16,23,36H,4-7,12-14,18H2,1-3H3,(H2,32,35)(H,33,39)(H,34,40). The summed E-state index contributed by atoms with van der Waals surface area (Å²) in [5.74, 6) is -0.0317. The van der Waals surface area contributed by atoms with E-state index in [0.29, 0.717) is 55.7 Å². The van der Waals surface area contributed by atoms with Crippen molar-refractivity contribution in [2.24, 2.45) is 10.7 Å². The summed E-state index contributed by atoms with van der Waals surface area (Å²) in [6, 6.07) is 13.2. The lowest BCUT2D eigenvalue weighted by molar-refractivity contribution is -0.130. The minimum atomic E-state index is -0.850. The van der Waals surface area contributed by atoms with Gasteiger partial charge in [0.1, 0.15) is 11.9 Å². The second-order valence-corrected chi connectivity index (χ2v) is 10.2. The first-order valence-corrected chi connectivity index (χ1v) is 13.6. The van der Waals surface area contributed by atoms with Crippen LogP contribution in [0.15, 0.2) is 41.4 Å². The maximum absolute atomic E-state index is 12.8. The van der Waals surface area contributed by atoms with E-state index in [1.807, 2.05) is 24.3 Å². The fourth-order valence-corrected chi connectivity index (χ4v) is 6.06. The summed E-state index contributed by atoms with van der Waals surface area (Å²) in [7, 11) is 4.86. The summed E-state index contributed by atoms with van der Waals surface area (Å²) >= 11 is 0. The van der Waals surface area contributed by atoms with E-state index in [1.165, 1.54) is 0 Å².